The minimum atomic E-state index is -0.236. The first-order valence-corrected chi connectivity index (χ1v) is 7.05. The second kappa shape index (κ2) is 6.68. The highest BCUT2D eigenvalue weighted by Crippen LogP contribution is 2.21. The van der Waals surface area contributed by atoms with Crippen molar-refractivity contribution in [2.45, 2.75) is 37.1 Å². The second-order valence-corrected chi connectivity index (χ2v) is 5.43. The summed E-state index contributed by atoms with van der Waals surface area (Å²) in [6.45, 7) is 4.67. The maximum Gasteiger partial charge on any atom is 0.240 e. The molecule has 0 radical (unpaired) electrons. The number of hydrogen-bond donors (Lipinski definition) is 1. The van der Waals surface area contributed by atoms with Crippen LogP contribution in [0.25, 0.3) is 0 Å². The van der Waals surface area contributed by atoms with Crippen molar-refractivity contribution in [2.24, 2.45) is 0 Å². The Labute approximate surface area is 115 Å². The third-order valence-corrected chi connectivity index (χ3v) is 3.33. The molecule has 102 valence electrons. The Bertz CT molecular complexity index is 530. The Hall–Kier alpha value is -1.40. The van der Waals surface area contributed by atoms with Crippen LogP contribution in [0, 0.1) is 5.82 Å². The van der Waals surface area contributed by atoms with E-state index < -0.39 is 0 Å². The van der Waals surface area contributed by atoms with Crippen molar-refractivity contribution >= 4 is 11.8 Å². The van der Waals surface area contributed by atoms with E-state index in [9.17, 15) is 4.39 Å². The Morgan fingerprint density at radius 1 is 1.42 bits per heavy atom. The molecule has 19 heavy (non-hydrogen) atoms. The average Bonchev–Trinajstić information content (AvgIpc) is 2.82. The standard InChI is InChI=1S/C13H16FN3OS/c1-9(2)15-7-13-16-12(17-18-13)8-19-11-5-3-4-10(14)6-11/h3-6,9,15H,7-8H2,1-2H3. The minimum absolute atomic E-state index is 0.236. The number of nitrogens with one attached hydrogen (secondary N) is 1. The van der Waals surface area contributed by atoms with Crippen LogP contribution >= 0.6 is 11.8 Å². The molecule has 0 aliphatic heterocycles. The molecular formula is C13H16FN3OS. The van der Waals surface area contributed by atoms with Crippen molar-refractivity contribution < 1.29 is 8.91 Å². The third-order valence-electron chi connectivity index (χ3n) is 2.34. The summed E-state index contributed by atoms with van der Waals surface area (Å²) in [7, 11) is 0. The first-order chi connectivity index (χ1) is 9.13. The van der Waals surface area contributed by atoms with Crippen LogP contribution in [-0.4, -0.2) is 16.2 Å². The van der Waals surface area contributed by atoms with E-state index in [1.165, 1.54) is 23.9 Å². The molecule has 0 atom stereocenters. The number of halogens is 1. The predicted octanol–water partition coefficient (Wildman–Crippen LogP) is 3.00. The maximum absolute atomic E-state index is 13.0. The lowest BCUT2D eigenvalue weighted by Gasteiger charge is -2.02. The summed E-state index contributed by atoms with van der Waals surface area (Å²) < 4.78 is 18.1. The molecule has 0 fully saturated rings. The summed E-state index contributed by atoms with van der Waals surface area (Å²) in [6.07, 6.45) is 0. The maximum atomic E-state index is 13.0. The van der Waals surface area contributed by atoms with Crippen molar-refractivity contribution in [3.05, 3.63) is 41.8 Å². The zero-order chi connectivity index (χ0) is 13.7. The van der Waals surface area contributed by atoms with Crippen molar-refractivity contribution in [1.29, 1.82) is 0 Å². The molecule has 0 unspecified atom stereocenters. The number of benzene rings is 1. The molecule has 2 rings (SSSR count). The quantitative estimate of drug-likeness (QED) is 0.825. The third kappa shape index (κ3) is 4.65. The molecule has 0 spiro atoms. The lowest BCUT2D eigenvalue weighted by atomic mass is 10.4. The van der Waals surface area contributed by atoms with E-state index in [0.717, 1.165) is 4.90 Å². The highest BCUT2D eigenvalue weighted by molar-refractivity contribution is 7.98. The number of hydrogen-bond acceptors (Lipinski definition) is 5. The summed E-state index contributed by atoms with van der Waals surface area (Å²) >= 11 is 1.48. The van der Waals surface area contributed by atoms with Crippen LogP contribution in [0.2, 0.25) is 0 Å². The molecule has 1 aromatic carbocycles. The van der Waals surface area contributed by atoms with Gasteiger partial charge in [-0.25, -0.2) is 4.39 Å². The number of thioether (sulfide) groups is 1. The van der Waals surface area contributed by atoms with Crippen LogP contribution < -0.4 is 5.32 Å². The number of rotatable bonds is 6. The second-order valence-electron chi connectivity index (χ2n) is 4.39. The SMILES string of the molecule is CC(C)NCc1nc(CSc2cccc(F)c2)no1. The van der Waals surface area contributed by atoms with E-state index >= 15 is 0 Å². The zero-order valence-electron chi connectivity index (χ0n) is 10.9. The molecule has 6 heteroatoms. The topological polar surface area (TPSA) is 51.0 Å². The average molecular weight is 281 g/mol. The van der Waals surface area contributed by atoms with E-state index in [2.05, 4.69) is 29.3 Å². The summed E-state index contributed by atoms with van der Waals surface area (Å²) in [5.74, 6) is 1.52. The van der Waals surface area contributed by atoms with Gasteiger partial charge >= 0.3 is 0 Å². The van der Waals surface area contributed by atoms with Gasteiger partial charge in [0.15, 0.2) is 5.82 Å². The van der Waals surface area contributed by atoms with Crippen LogP contribution in [0.15, 0.2) is 33.7 Å². The fourth-order valence-corrected chi connectivity index (χ4v) is 2.20. The van der Waals surface area contributed by atoms with E-state index in [4.69, 9.17) is 4.52 Å². The van der Waals surface area contributed by atoms with E-state index in [-0.39, 0.29) is 5.82 Å². The summed E-state index contributed by atoms with van der Waals surface area (Å²) in [4.78, 5) is 5.12. The number of nitrogens with zero attached hydrogens (tertiary/aromatic N) is 2. The molecule has 4 nitrogen and oxygen atoms in total. The first-order valence-electron chi connectivity index (χ1n) is 6.06. The highest BCUT2D eigenvalue weighted by atomic mass is 32.2. The van der Waals surface area contributed by atoms with Gasteiger partial charge in [0, 0.05) is 10.9 Å². The molecule has 0 saturated heterocycles. The fraction of sp³-hybridized carbons (Fsp3) is 0.385. The van der Waals surface area contributed by atoms with Gasteiger partial charge in [-0.1, -0.05) is 25.1 Å². The minimum Gasteiger partial charge on any atom is -0.338 e. The monoisotopic (exact) mass is 281 g/mol. The Kier molecular flexibility index (Phi) is 4.93. The summed E-state index contributed by atoms with van der Waals surface area (Å²) in [6, 6.07) is 6.83. The summed E-state index contributed by atoms with van der Waals surface area (Å²) in [5.41, 5.74) is 0. The smallest absolute Gasteiger partial charge is 0.240 e. The van der Waals surface area contributed by atoms with E-state index in [1.54, 1.807) is 6.07 Å². The first kappa shape index (κ1) is 14.0. The zero-order valence-corrected chi connectivity index (χ0v) is 11.7. The highest BCUT2D eigenvalue weighted by Gasteiger charge is 2.07. The lowest BCUT2D eigenvalue weighted by Crippen LogP contribution is -2.21. The van der Waals surface area contributed by atoms with Gasteiger partial charge in [-0.15, -0.1) is 11.8 Å². The van der Waals surface area contributed by atoms with E-state index in [0.29, 0.717) is 30.1 Å². The molecule has 0 aliphatic carbocycles. The molecule has 0 saturated carbocycles. The van der Waals surface area contributed by atoms with Gasteiger partial charge in [-0.2, -0.15) is 4.98 Å². The molecular weight excluding hydrogens is 265 g/mol. The van der Waals surface area contributed by atoms with Crippen LogP contribution in [0.3, 0.4) is 0 Å². The molecule has 1 N–H and O–H groups in total. The predicted molar refractivity (Wildman–Crippen MR) is 72.2 cm³/mol. The van der Waals surface area contributed by atoms with Gasteiger partial charge < -0.3 is 9.84 Å². The van der Waals surface area contributed by atoms with Gasteiger partial charge in [0.25, 0.3) is 0 Å². The molecule has 1 heterocycles. The lowest BCUT2D eigenvalue weighted by molar-refractivity contribution is 0.358. The number of aromatic nitrogens is 2. The molecule has 1 aromatic heterocycles. The van der Waals surface area contributed by atoms with Crippen LogP contribution in [-0.2, 0) is 12.3 Å². The fourth-order valence-electron chi connectivity index (χ4n) is 1.42. The Morgan fingerprint density at radius 3 is 3.00 bits per heavy atom. The van der Waals surface area contributed by atoms with E-state index in [1.807, 2.05) is 6.07 Å². The molecule has 0 aliphatic rings. The van der Waals surface area contributed by atoms with Crippen molar-refractivity contribution in [1.82, 2.24) is 15.5 Å². The normalized spacial score (nSPS) is 11.2. The summed E-state index contributed by atoms with van der Waals surface area (Å²) in [5, 5.41) is 7.09. The van der Waals surface area contributed by atoms with Gasteiger partial charge in [-0.3, -0.25) is 0 Å². The van der Waals surface area contributed by atoms with Gasteiger partial charge in [0.1, 0.15) is 5.82 Å². The van der Waals surface area contributed by atoms with Crippen LogP contribution in [0.1, 0.15) is 25.6 Å². The largest absolute Gasteiger partial charge is 0.338 e. The van der Waals surface area contributed by atoms with Crippen molar-refractivity contribution in [3.8, 4) is 0 Å². The van der Waals surface area contributed by atoms with Crippen LogP contribution in [0.4, 0.5) is 4.39 Å². The Balaban J connectivity index is 1.86. The molecule has 0 amide bonds. The van der Waals surface area contributed by atoms with Crippen LogP contribution in [0.5, 0.6) is 0 Å². The Morgan fingerprint density at radius 2 is 2.26 bits per heavy atom. The van der Waals surface area contributed by atoms with Gasteiger partial charge in [0.05, 0.1) is 12.3 Å². The molecule has 2 aromatic rings. The van der Waals surface area contributed by atoms with Gasteiger partial charge in [0.2, 0.25) is 5.89 Å². The van der Waals surface area contributed by atoms with Gasteiger partial charge in [-0.05, 0) is 18.2 Å². The molecule has 0 bridgehead atoms. The van der Waals surface area contributed by atoms with Crippen molar-refractivity contribution in [3.63, 3.8) is 0 Å². The van der Waals surface area contributed by atoms with Crippen molar-refractivity contribution in [2.75, 3.05) is 0 Å².